The van der Waals surface area contributed by atoms with E-state index in [2.05, 4.69) is 0 Å². The molecule has 5 nitrogen and oxygen atoms in total. The van der Waals surface area contributed by atoms with E-state index in [0.717, 1.165) is 0 Å². The Morgan fingerprint density at radius 1 is 1.50 bits per heavy atom. The maximum absolute atomic E-state index is 10.7. The predicted molar refractivity (Wildman–Crippen MR) is 47.5 cm³/mol. The number of carboxylic acid groups (broad SMARTS) is 1. The zero-order chi connectivity index (χ0) is 10.7. The van der Waals surface area contributed by atoms with Crippen LogP contribution in [0.15, 0.2) is 12.1 Å². The van der Waals surface area contributed by atoms with Gasteiger partial charge >= 0.3 is 5.97 Å². The number of aromatic carboxylic acids is 1. The number of aromatic hydroxyl groups is 1. The molecule has 14 heavy (non-hydrogen) atoms. The van der Waals surface area contributed by atoms with Crippen molar-refractivity contribution in [1.82, 2.24) is 0 Å². The highest BCUT2D eigenvalue weighted by Crippen LogP contribution is 2.29. The van der Waals surface area contributed by atoms with E-state index in [1.807, 2.05) is 0 Å². The van der Waals surface area contributed by atoms with Gasteiger partial charge in [0.1, 0.15) is 0 Å². The largest absolute Gasteiger partial charge is 0.504 e. The monoisotopic (exact) mass is 198 g/mol. The van der Waals surface area contributed by atoms with E-state index in [-0.39, 0.29) is 22.6 Å². The topological polar surface area (TPSA) is 87.0 Å². The highest BCUT2D eigenvalue weighted by Gasteiger charge is 2.14. The molecule has 1 aromatic rings. The summed E-state index contributed by atoms with van der Waals surface area (Å²) in [5.41, 5.74) is 0.0675. The number of rotatable bonds is 3. The van der Waals surface area contributed by atoms with E-state index < -0.39 is 12.6 Å². The smallest absolute Gasteiger partial charge is 0.336 e. The third-order valence-electron chi connectivity index (χ3n) is 1.81. The SMILES string of the molecule is COc1cc(C(=O)O)c(CO)cc1O. The second kappa shape index (κ2) is 3.97. The van der Waals surface area contributed by atoms with Crippen molar-refractivity contribution in [3.8, 4) is 11.5 Å². The van der Waals surface area contributed by atoms with E-state index in [1.54, 1.807) is 0 Å². The molecular formula is C9H10O5. The number of methoxy groups -OCH3 is 1. The third-order valence-corrected chi connectivity index (χ3v) is 1.81. The molecule has 0 bridgehead atoms. The summed E-state index contributed by atoms with van der Waals surface area (Å²) in [6.45, 7) is -0.445. The fourth-order valence-electron chi connectivity index (χ4n) is 1.11. The van der Waals surface area contributed by atoms with Crippen molar-refractivity contribution in [3.63, 3.8) is 0 Å². The molecular weight excluding hydrogens is 188 g/mol. The Bertz CT molecular complexity index is 358. The first-order valence-electron chi connectivity index (χ1n) is 3.84. The summed E-state index contributed by atoms with van der Waals surface area (Å²) < 4.78 is 4.74. The molecule has 0 aliphatic rings. The Balaban J connectivity index is 3.32. The van der Waals surface area contributed by atoms with Crippen LogP contribution in [0.4, 0.5) is 0 Å². The molecule has 0 aromatic heterocycles. The van der Waals surface area contributed by atoms with Crippen molar-refractivity contribution in [3.05, 3.63) is 23.3 Å². The Kier molecular flexibility index (Phi) is 2.93. The summed E-state index contributed by atoms with van der Waals surface area (Å²) in [6, 6.07) is 2.34. The summed E-state index contributed by atoms with van der Waals surface area (Å²) in [5.74, 6) is -1.30. The molecule has 0 aliphatic carbocycles. The van der Waals surface area contributed by atoms with Crippen LogP contribution in [-0.4, -0.2) is 28.4 Å². The minimum Gasteiger partial charge on any atom is -0.504 e. The Labute approximate surface area is 80.2 Å². The van der Waals surface area contributed by atoms with Crippen LogP contribution in [0, 0.1) is 0 Å². The number of phenolic OH excluding ortho intramolecular Hbond substituents is 1. The van der Waals surface area contributed by atoms with Gasteiger partial charge in [0.25, 0.3) is 0 Å². The first-order chi connectivity index (χ1) is 6.60. The van der Waals surface area contributed by atoms with Gasteiger partial charge < -0.3 is 20.1 Å². The second-order valence-electron chi connectivity index (χ2n) is 2.64. The van der Waals surface area contributed by atoms with Crippen LogP contribution in [-0.2, 0) is 6.61 Å². The molecule has 1 rings (SSSR count). The van der Waals surface area contributed by atoms with Crippen LogP contribution in [0.2, 0.25) is 0 Å². The highest BCUT2D eigenvalue weighted by atomic mass is 16.5. The lowest BCUT2D eigenvalue weighted by molar-refractivity contribution is 0.0693. The molecule has 3 N–H and O–H groups in total. The zero-order valence-electron chi connectivity index (χ0n) is 7.52. The first-order valence-corrected chi connectivity index (χ1v) is 3.84. The van der Waals surface area contributed by atoms with Crippen molar-refractivity contribution in [2.45, 2.75) is 6.61 Å². The summed E-state index contributed by atoms with van der Waals surface area (Å²) >= 11 is 0. The van der Waals surface area contributed by atoms with Gasteiger partial charge in [0.05, 0.1) is 19.3 Å². The zero-order valence-corrected chi connectivity index (χ0v) is 7.52. The molecule has 76 valence electrons. The van der Waals surface area contributed by atoms with Crippen LogP contribution in [0.3, 0.4) is 0 Å². The van der Waals surface area contributed by atoms with Crippen molar-refractivity contribution in [2.75, 3.05) is 7.11 Å². The molecule has 0 saturated carbocycles. The number of hydrogen-bond acceptors (Lipinski definition) is 4. The minimum atomic E-state index is -1.17. The number of ether oxygens (including phenoxy) is 1. The molecule has 0 spiro atoms. The van der Waals surface area contributed by atoms with Gasteiger partial charge in [-0.25, -0.2) is 4.79 Å². The maximum Gasteiger partial charge on any atom is 0.336 e. The number of carbonyl (C=O) groups is 1. The van der Waals surface area contributed by atoms with Gasteiger partial charge in [-0.05, 0) is 17.7 Å². The lowest BCUT2D eigenvalue weighted by Gasteiger charge is -2.08. The number of aliphatic hydroxyl groups excluding tert-OH is 1. The average molecular weight is 198 g/mol. The van der Waals surface area contributed by atoms with Crippen LogP contribution in [0.25, 0.3) is 0 Å². The second-order valence-corrected chi connectivity index (χ2v) is 2.64. The Hall–Kier alpha value is -1.75. The van der Waals surface area contributed by atoms with Crippen LogP contribution >= 0.6 is 0 Å². The first kappa shape index (κ1) is 10.3. The summed E-state index contributed by atoms with van der Waals surface area (Å²) in [6.07, 6.45) is 0. The quantitative estimate of drug-likeness (QED) is 0.661. The van der Waals surface area contributed by atoms with Gasteiger partial charge in [-0.2, -0.15) is 0 Å². The summed E-state index contributed by atoms with van der Waals surface area (Å²) in [4.78, 5) is 10.7. The van der Waals surface area contributed by atoms with Gasteiger partial charge in [-0.15, -0.1) is 0 Å². The average Bonchev–Trinajstić information content (AvgIpc) is 2.16. The van der Waals surface area contributed by atoms with Crippen LogP contribution in [0.1, 0.15) is 15.9 Å². The third kappa shape index (κ3) is 1.77. The fourth-order valence-corrected chi connectivity index (χ4v) is 1.11. The molecule has 0 saturated heterocycles. The number of carboxylic acids is 1. The predicted octanol–water partition coefficient (Wildman–Crippen LogP) is 0.591. The van der Waals surface area contributed by atoms with Gasteiger partial charge in [-0.3, -0.25) is 0 Å². The van der Waals surface area contributed by atoms with Gasteiger partial charge in [0.15, 0.2) is 11.5 Å². The molecule has 5 heteroatoms. The van der Waals surface area contributed by atoms with E-state index >= 15 is 0 Å². The summed E-state index contributed by atoms with van der Waals surface area (Å²) in [7, 11) is 1.32. The molecule has 0 heterocycles. The number of phenols is 1. The van der Waals surface area contributed by atoms with E-state index in [1.165, 1.54) is 19.2 Å². The van der Waals surface area contributed by atoms with E-state index in [9.17, 15) is 9.90 Å². The lowest BCUT2D eigenvalue weighted by Crippen LogP contribution is -2.03. The fraction of sp³-hybridized carbons (Fsp3) is 0.222. The van der Waals surface area contributed by atoms with Crippen molar-refractivity contribution >= 4 is 5.97 Å². The van der Waals surface area contributed by atoms with Gasteiger partial charge in [0.2, 0.25) is 0 Å². The molecule has 0 aliphatic heterocycles. The molecule has 0 atom stereocenters. The Morgan fingerprint density at radius 3 is 2.57 bits per heavy atom. The van der Waals surface area contributed by atoms with E-state index in [4.69, 9.17) is 14.9 Å². The molecule has 0 amide bonds. The highest BCUT2D eigenvalue weighted by molar-refractivity contribution is 5.90. The van der Waals surface area contributed by atoms with Crippen molar-refractivity contribution in [2.24, 2.45) is 0 Å². The number of aliphatic hydroxyl groups is 1. The minimum absolute atomic E-state index is 0.0691. The maximum atomic E-state index is 10.7. The van der Waals surface area contributed by atoms with Crippen molar-refractivity contribution in [1.29, 1.82) is 0 Å². The molecule has 0 radical (unpaired) electrons. The normalized spacial score (nSPS) is 9.86. The summed E-state index contributed by atoms with van der Waals surface area (Å²) in [5, 5.41) is 26.9. The lowest BCUT2D eigenvalue weighted by atomic mass is 10.1. The van der Waals surface area contributed by atoms with Crippen LogP contribution in [0.5, 0.6) is 11.5 Å². The van der Waals surface area contributed by atoms with Gasteiger partial charge in [0, 0.05) is 0 Å². The molecule has 1 aromatic carbocycles. The number of hydrogen-bond donors (Lipinski definition) is 3. The Morgan fingerprint density at radius 2 is 2.14 bits per heavy atom. The molecule has 0 unspecified atom stereocenters. The van der Waals surface area contributed by atoms with Crippen LogP contribution < -0.4 is 4.74 Å². The number of benzene rings is 1. The molecule has 0 fully saturated rings. The van der Waals surface area contributed by atoms with Crippen molar-refractivity contribution < 1.29 is 24.9 Å². The van der Waals surface area contributed by atoms with Gasteiger partial charge in [-0.1, -0.05) is 0 Å². The van der Waals surface area contributed by atoms with E-state index in [0.29, 0.717) is 0 Å². The standard InChI is InChI=1S/C9H10O5/c1-14-8-3-6(9(12)13)5(4-10)2-7(8)11/h2-3,10-11H,4H2,1H3,(H,12,13).